The lowest BCUT2D eigenvalue weighted by atomic mass is 10.1. The summed E-state index contributed by atoms with van der Waals surface area (Å²) in [6.07, 6.45) is 1.47. The summed E-state index contributed by atoms with van der Waals surface area (Å²) in [6, 6.07) is 11.9. The van der Waals surface area contributed by atoms with E-state index in [1.165, 1.54) is 4.31 Å². The molecule has 7 heteroatoms. The second-order valence-electron chi connectivity index (χ2n) is 6.78. The number of aryl methyl sites for hydroxylation is 2. The summed E-state index contributed by atoms with van der Waals surface area (Å²) >= 11 is 0. The van der Waals surface area contributed by atoms with E-state index in [2.05, 4.69) is 5.32 Å². The zero-order chi connectivity index (χ0) is 20.9. The van der Waals surface area contributed by atoms with Gasteiger partial charge in [0.15, 0.2) is 0 Å². The number of benzene rings is 2. The van der Waals surface area contributed by atoms with Gasteiger partial charge in [-0.15, -0.1) is 0 Å². The number of nitrogens with one attached hydrogen (secondary N) is 1. The molecule has 0 bridgehead atoms. The van der Waals surface area contributed by atoms with Crippen LogP contribution >= 0.6 is 0 Å². The summed E-state index contributed by atoms with van der Waals surface area (Å²) in [5, 5.41) is 2.85. The number of hydrogen-bond donors (Lipinski definition) is 1. The van der Waals surface area contributed by atoms with Crippen LogP contribution in [0.15, 0.2) is 42.5 Å². The molecule has 0 aliphatic carbocycles. The largest absolute Gasteiger partial charge is 0.496 e. The molecule has 1 atom stereocenters. The van der Waals surface area contributed by atoms with Gasteiger partial charge in [0.25, 0.3) is 0 Å². The molecule has 2 aromatic carbocycles. The molecule has 0 aromatic heterocycles. The van der Waals surface area contributed by atoms with E-state index in [0.717, 1.165) is 22.9 Å². The molecule has 0 saturated heterocycles. The molecule has 0 aliphatic rings. The fraction of sp³-hybridized carbons (Fsp3) is 0.381. The van der Waals surface area contributed by atoms with E-state index in [4.69, 9.17) is 4.74 Å². The fourth-order valence-corrected chi connectivity index (χ4v) is 4.28. The van der Waals surface area contributed by atoms with Gasteiger partial charge in [-0.25, -0.2) is 8.42 Å². The Bertz CT molecular complexity index is 941. The highest BCUT2D eigenvalue weighted by Crippen LogP contribution is 2.25. The number of amides is 1. The maximum atomic E-state index is 12.9. The number of para-hydroxylation sites is 1. The number of sulfonamides is 1. The monoisotopic (exact) mass is 404 g/mol. The molecular weight excluding hydrogens is 376 g/mol. The van der Waals surface area contributed by atoms with Crippen LogP contribution in [0.5, 0.6) is 5.75 Å². The number of anilines is 1. The second kappa shape index (κ2) is 9.10. The summed E-state index contributed by atoms with van der Waals surface area (Å²) in [4.78, 5) is 12.9. The standard InChI is InChI=1S/C21H28N2O4S/c1-6-19(21(24)22-14-17-9-7-8-10-20(17)27-4)23(28(5,25)26)18-12-11-15(2)16(3)13-18/h7-13,19H,6,14H2,1-5H3,(H,22,24)/t19-/m0/s1. The first-order valence-electron chi connectivity index (χ1n) is 9.15. The van der Waals surface area contributed by atoms with Crippen LogP contribution in [-0.4, -0.2) is 33.7 Å². The van der Waals surface area contributed by atoms with Crippen molar-refractivity contribution in [2.45, 2.75) is 39.8 Å². The van der Waals surface area contributed by atoms with Crippen molar-refractivity contribution in [3.8, 4) is 5.75 Å². The number of nitrogens with zero attached hydrogens (tertiary/aromatic N) is 1. The fourth-order valence-electron chi connectivity index (χ4n) is 3.07. The van der Waals surface area contributed by atoms with Gasteiger partial charge in [-0.3, -0.25) is 9.10 Å². The zero-order valence-electron chi connectivity index (χ0n) is 17.0. The Labute approximate surface area is 167 Å². The molecule has 1 N–H and O–H groups in total. The number of rotatable bonds is 8. The lowest BCUT2D eigenvalue weighted by molar-refractivity contribution is -0.122. The minimum Gasteiger partial charge on any atom is -0.496 e. The Hall–Kier alpha value is -2.54. The molecule has 0 heterocycles. The average molecular weight is 405 g/mol. The van der Waals surface area contributed by atoms with Gasteiger partial charge < -0.3 is 10.1 Å². The molecule has 152 valence electrons. The maximum absolute atomic E-state index is 12.9. The molecule has 1 amide bonds. The van der Waals surface area contributed by atoms with Gasteiger partial charge in [0.05, 0.1) is 19.1 Å². The molecule has 28 heavy (non-hydrogen) atoms. The highest BCUT2D eigenvalue weighted by atomic mass is 32.2. The van der Waals surface area contributed by atoms with Crippen LogP contribution in [-0.2, 0) is 21.4 Å². The summed E-state index contributed by atoms with van der Waals surface area (Å²) < 4.78 is 31.6. The number of carbonyl (C=O) groups is 1. The van der Waals surface area contributed by atoms with Gasteiger partial charge in [-0.1, -0.05) is 31.2 Å². The molecule has 2 aromatic rings. The minimum atomic E-state index is -3.65. The quantitative estimate of drug-likeness (QED) is 0.733. The van der Waals surface area contributed by atoms with E-state index >= 15 is 0 Å². The van der Waals surface area contributed by atoms with Crippen LogP contribution in [0.25, 0.3) is 0 Å². The third kappa shape index (κ3) is 5.04. The minimum absolute atomic E-state index is 0.254. The predicted molar refractivity (Wildman–Crippen MR) is 112 cm³/mol. The van der Waals surface area contributed by atoms with E-state index in [9.17, 15) is 13.2 Å². The van der Waals surface area contributed by atoms with Gasteiger partial charge in [0.2, 0.25) is 15.9 Å². The second-order valence-corrected chi connectivity index (χ2v) is 8.64. The van der Waals surface area contributed by atoms with Gasteiger partial charge in [-0.05, 0) is 49.6 Å². The van der Waals surface area contributed by atoms with Crippen LogP contribution < -0.4 is 14.4 Å². The van der Waals surface area contributed by atoms with Crippen molar-refractivity contribution >= 4 is 21.6 Å². The zero-order valence-corrected chi connectivity index (χ0v) is 17.8. The van der Waals surface area contributed by atoms with Crippen LogP contribution in [0.3, 0.4) is 0 Å². The summed E-state index contributed by atoms with van der Waals surface area (Å²) in [5.74, 6) is 0.321. The van der Waals surface area contributed by atoms with Crippen molar-refractivity contribution in [2.24, 2.45) is 0 Å². The van der Waals surface area contributed by atoms with E-state index in [1.54, 1.807) is 26.2 Å². The lowest BCUT2D eigenvalue weighted by Crippen LogP contribution is -2.49. The number of carbonyl (C=O) groups excluding carboxylic acids is 1. The van der Waals surface area contributed by atoms with E-state index < -0.39 is 16.1 Å². The third-order valence-electron chi connectivity index (χ3n) is 4.72. The topological polar surface area (TPSA) is 75.7 Å². The van der Waals surface area contributed by atoms with Gasteiger partial charge >= 0.3 is 0 Å². The molecule has 2 rings (SSSR count). The van der Waals surface area contributed by atoms with Crippen LogP contribution in [0.4, 0.5) is 5.69 Å². The number of ether oxygens (including phenoxy) is 1. The first kappa shape index (κ1) is 21.8. The highest BCUT2D eigenvalue weighted by molar-refractivity contribution is 7.92. The van der Waals surface area contributed by atoms with Gasteiger partial charge in [-0.2, -0.15) is 0 Å². The lowest BCUT2D eigenvalue weighted by Gasteiger charge is -2.30. The normalized spacial score (nSPS) is 12.3. The molecule has 0 radical (unpaired) electrons. The van der Waals surface area contributed by atoms with Gasteiger partial charge in [0.1, 0.15) is 11.8 Å². The van der Waals surface area contributed by atoms with Crippen molar-refractivity contribution in [1.29, 1.82) is 0 Å². The number of methoxy groups -OCH3 is 1. The SMILES string of the molecule is CC[C@@H](C(=O)NCc1ccccc1OC)N(c1ccc(C)c(C)c1)S(C)(=O)=O. The van der Waals surface area contributed by atoms with Crippen molar-refractivity contribution in [1.82, 2.24) is 5.32 Å². The average Bonchev–Trinajstić information content (AvgIpc) is 2.65. The Morgan fingerprint density at radius 3 is 2.39 bits per heavy atom. The maximum Gasteiger partial charge on any atom is 0.244 e. The summed E-state index contributed by atoms with van der Waals surface area (Å²) in [6.45, 7) is 5.93. The third-order valence-corrected chi connectivity index (χ3v) is 5.90. The Morgan fingerprint density at radius 1 is 1.14 bits per heavy atom. The van der Waals surface area contributed by atoms with Crippen molar-refractivity contribution in [3.63, 3.8) is 0 Å². The van der Waals surface area contributed by atoms with Gasteiger partial charge in [0, 0.05) is 12.1 Å². The Morgan fingerprint density at radius 2 is 1.82 bits per heavy atom. The van der Waals surface area contributed by atoms with E-state index in [0.29, 0.717) is 17.9 Å². The first-order valence-corrected chi connectivity index (χ1v) is 11.0. The molecule has 0 saturated carbocycles. The molecular formula is C21H28N2O4S. The Kier molecular flexibility index (Phi) is 7.07. The van der Waals surface area contributed by atoms with Crippen molar-refractivity contribution in [3.05, 3.63) is 59.2 Å². The molecule has 0 unspecified atom stereocenters. The molecule has 6 nitrogen and oxygen atoms in total. The first-order chi connectivity index (χ1) is 13.2. The van der Waals surface area contributed by atoms with E-state index in [1.807, 2.05) is 44.2 Å². The van der Waals surface area contributed by atoms with E-state index in [-0.39, 0.29) is 12.5 Å². The smallest absolute Gasteiger partial charge is 0.244 e. The van der Waals surface area contributed by atoms with Crippen LogP contribution in [0.1, 0.15) is 30.0 Å². The van der Waals surface area contributed by atoms with Crippen molar-refractivity contribution < 1.29 is 17.9 Å². The predicted octanol–water partition coefficient (Wildman–Crippen LogP) is 3.17. The Balaban J connectivity index is 2.30. The van der Waals surface area contributed by atoms with Crippen LogP contribution in [0.2, 0.25) is 0 Å². The highest BCUT2D eigenvalue weighted by Gasteiger charge is 2.31. The molecule has 0 aliphatic heterocycles. The molecule has 0 spiro atoms. The summed E-state index contributed by atoms with van der Waals surface area (Å²) in [5.41, 5.74) is 3.34. The van der Waals surface area contributed by atoms with Crippen molar-refractivity contribution in [2.75, 3.05) is 17.7 Å². The molecule has 0 fully saturated rings. The number of hydrogen-bond acceptors (Lipinski definition) is 4. The summed E-state index contributed by atoms with van der Waals surface area (Å²) in [7, 11) is -2.08. The van der Waals surface area contributed by atoms with Crippen LogP contribution in [0, 0.1) is 13.8 Å².